The molecule has 130 valence electrons. The molecule has 0 fully saturated rings. The molecule has 26 heavy (non-hydrogen) atoms. The maximum atomic E-state index is 4.48. The van der Waals surface area contributed by atoms with E-state index >= 15 is 0 Å². The summed E-state index contributed by atoms with van der Waals surface area (Å²) in [5, 5.41) is 10.5. The minimum absolute atomic E-state index is 0. The first-order valence-electron chi connectivity index (χ1n) is 7.97. The highest BCUT2D eigenvalue weighted by atomic mass is 15.3. The summed E-state index contributed by atoms with van der Waals surface area (Å²) in [6, 6.07) is 3.94. The van der Waals surface area contributed by atoms with Crippen LogP contribution in [0.4, 0.5) is 5.95 Å². The van der Waals surface area contributed by atoms with Crippen LogP contribution in [-0.4, -0.2) is 36.6 Å². The second kappa shape index (κ2) is 6.60. The topological polar surface area (TPSA) is 92.9 Å². The zero-order valence-corrected chi connectivity index (χ0v) is 14.1. The predicted molar refractivity (Wildman–Crippen MR) is 102 cm³/mol. The summed E-state index contributed by atoms with van der Waals surface area (Å²) >= 11 is 0. The highest BCUT2D eigenvalue weighted by Gasteiger charge is 2.10. The van der Waals surface area contributed by atoms with E-state index in [2.05, 4.69) is 42.2 Å². The first kappa shape index (κ1) is 15.7. The number of allylic oxidation sites excluding steroid dienone is 1. The molecular formula is C18H18N8. The fourth-order valence-electron chi connectivity index (χ4n) is 2.64. The van der Waals surface area contributed by atoms with E-state index in [1.807, 2.05) is 25.4 Å². The molecule has 0 aliphatic carbocycles. The van der Waals surface area contributed by atoms with Crippen LogP contribution in [0.15, 0.2) is 67.7 Å². The van der Waals surface area contributed by atoms with Gasteiger partial charge in [-0.2, -0.15) is 0 Å². The Morgan fingerprint density at radius 3 is 2.92 bits per heavy atom. The number of aromatic nitrogens is 6. The van der Waals surface area contributed by atoms with Gasteiger partial charge in [-0.3, -0.25) is 4.98 Å². The molecule has 0 spiro atoms. The van der Waals surface area contributed by atoms with E-state index < -0.39 is 0 Å². The number of nitrogens with zero attached hydrogens (tertiary/aromatic N) is 6. The van der Waals surface area contributed by atoms with Crippen molar-refractivity contribution in [3.8, 4) is 11.1 Å². The van der Waals surface area contributed by atoms with Gasteiger partial charge in [0.05, 0.1) is 17.4 Å². The van der Waals surface area contributed by atoms with Crippen LogP contribution in [0.3, 0.4) is 0 Å². The molecule has 0 aliphatic rings. The van der Waals surface area contributed by atoms with Gasteiger partial charge in [-0.05, 0) is 18.2 Å². The average molecular weight is 346 g/mol. The quantitative estimate of drug-likeness (QED) is 0.537. The van der Waals surface area contributed by atoms with Crippen molar-refractivity contribution in [1.29, 1.82) is 0 Å². The molecule has 0 atom stereocenters. The molecule has 0 saturated carbocycles. The zero-order chi connectivity index (χ0) is 17.9. The van der Waals surface area contributed by atoms with Crippen molar-refractivity contribution in [3.05, 3.63) is 67.7 Å². The standard InChI is InChI=1S/C18H16N8.H2/c1-3-13(10-19-2)24-18-23-11-16-14(4-7-26(16)25-18)12-8-15-17(22-9-12)21-6-5-20-15;/h3-11,19H,1H2,2H3,(H,24,25);1H/b13-10+;. The Hall–Kier alpha value is -3.81. The van der Waals surface area contributed by atoms with Crippen LogP contribution in [-0.2, 0) is 0 Å². The van der Waals surface area contributed by atoms with Gasteiger partial charge in [0, 0.05) is 50.6 Å². The van der Waals surface area contributed by atoms with Crippen LogP contribution in [0.25, 0.3) is 27.8 Å². The zero-order valence-electron chi connectivity index (χ0n) is 14.1. The first-order chi connectivity index (χ1) is 12.8. The minimum atomic E-state index is 0. The molecule has 4 rings (SSSR count). The molecule has 2 N–H and O–H groups in total. The summed E-state index contributed by atoms with van der Waals surface area (Å²) in [7, 11) is 1.81. The highest BCUT2D eigenvalue weighted by molar-refractivity contribution is 5.84. The molecule has 0 amide bonds. The number of pyridine rings is 1. The van der Waals surface area contributed by atoms with Crippen molar-refractivity contribution in [3.63, 3.8) is 0 Å². The summed E-state index contributed by atoms with van der Waals surface area (Å²) in [6.45, 7) is 3.76. The Morgan fingerprint density at radius 2 is 2.08 bits per heavy atom. The molecule has 0 unspecified atom stereocenters. The molecule has 4 heterocycles. The Kier molecular flexibility index (Phi) is 3.98. The third kappa shape index (κ3) is 2.84. The lowest BCUT2D eigenvalue weighted by Gasteiger charge is -2.06. The normalized spacial score (nSPS) is 11.7. The van der Waals surface area contributed by atoms with Gasteiger partial charge in [0.25, 0.3) is 0 Å². The fraction of sp³-hybridized carbons (Fsp3) is 0.0556. The number of hydrogen-bond donors (Lipinski definition) is 2. The van der Waals surface area contributed by atoms with E-state index in [1.54, 1.807) is 41.6 Å². The Balaban J connectivity index is 0.00000210. The van der Waals surface area contributed by atoms with Crippen molar-refractivity contribution in [2.24, 2.45) is 0 Å². The summed E-state index contributed by atoms with van der Waals surface area (Å²) in [6.07, 6.45) is 12.2. The van der Waals surface area contributed by atoms with Gasteiger partial charge in [0.2, 0.25) is 5.95 Å². The molecule has 8 nitrogen and oxygen atoms in total. The van der Waals surface area contributed by atoms with E-state index in [4.69, 9.17) is 0 Å². The van der Waals surface area contributed by atoms with Gasteiger partial charge in [0.1, 0.15) is 5.52 Å². The van der Waals surface area contributed by atoms with Crippen LogP contribution < -0.4 is 10.6 Å². The van der Waals surface area contributed by atoms with E-state index in [-0.39, 0.29) is 1.43 Å². The number of rotatable bonds is 5. The van der Waals surface area contributed by atoms with Crippen LogP contribution in [0.1, 0.15) is 1.43 Å². The smallest absolute Gasteiger partial charge is 0.245 e. The monoisotopic (exact) mass is 346 g/mol. The molecule has 0 saturated heterocycles. The van der Waals surface area contributed by atoms with Crippen LogP contribution in [0, 0.1) is 0 Å². The first-order valence-corrected chi connectivity index (χ1v) is 7.97. The highest BCUT2D eigenvalue weighted by Crippen LogP contribution is 2.26. The maximum Gasteiger partial charge on any atom is 0.245 e. The van der Waals surface area contributed by atoms with Gasteiger partial charge < -0.3 is 10.6 Å². The van der Waals surface area contributed by atoms with Gasteiger partial charge in [-0.25, -0.2) is 19.5 Å². The van der Waals surface area contributed by atoms with Crippen LogP contribution in [0.5, 0.6) is 0 Å². The molecule has 8 heteroatoms. The van der Waals surface area contributed by atoms with Crippen molar-refractivity contribution in [2.45, 2.75) is 0 Å². The number of nitrogens with one attached hydrogen (secondary N) is 2. The lowest BCUT2D eigenvalue weighted by molar-refractivity contribution is 0.908. The Morgan fingerprint density at radius 1 is 1.19 bits per heavy atom. The van der Waals surface area contributed by atoms with Crippen molar-refractivity contribution < 1.29 is 1.43 Å². The predicted octanol–water partition coefficient (Wildman–Crippen LogP) is 2.64. The molecular weight excluding hydrogens is 328 g/mol. The van der Waals surface area contributed by atoms with E-state index in [0.29, 0.717) is 11.6 Å². The van der Waals surface area contributed by atoms with Crippen molar-refractivity contribution in [1.82, 2.24) is 34.9 Å². The summed E-state index contributed by atoms with van der Waals surface area (Å²) < 4.78 is 1.77. The molecule has 0 aliphatic heterocycles. The average Bonchev–Trinajstić information content (AvgIpc) is 3.10. The minimum Gasteiger partial charge on any atom is -0.392 e. The molecule has 0 radical (unpaired) electrons. The molecule has 0 bridgehead atoms. The van der Waals surface area contributed by atoms with Crippen molar-refractivity contribution >= 4 is 22.6 Å². The van der Waals surface area contributed by atoms with Crippen LogP contribution >= 0.6 is 0 Å². The summed E-state index contributed by atoms with van der Waals surface area (Å²) in [4.78, 5) is 17.3. The number of hydrogen-bond acceptors (Lipinski definition) is 7. The molecule has 4 aromatic heterocycles. The largest absolute Gasteiger partial charge is 0.392 e. The number of anilines is 1. The second-order valence-electron chi connectivity index (χ2n) is 5.48. The van der Waals surface area contributed by atoms with E-state index in [9.17, 15) is 0 Å². The lowest BCUT2D eigenvalue weighted by Crippen LogP contribution is -2.07. The molecule has 4 aromatic rings. The lowest BCUT2D eigenvalue weighted by atomic mass is 10.1. The SMILES string of the molecule is C=C/C(=C\NC)Nc1ncc2c(-c3cnc4nccnc4c3)ccn2n1.[HH]. The Bertz CT molecular complexity index is 1130. The Labute approximate surface area is 150 Å². The maximum absolute atomic E-state index is 4.48. The van der Waals surface area contributed by atoms with Crippen LogP contribution in [0.2, 0.25) is 0 Å². The van der Waals surface area contributed by atoms with Gasteiger partial charge in [-0.15, -0.1) is 5.10 Å². The summed E-state index contributed by atoms with van der Waals surface area (Å²) in [5.74, 6) is 0.476. The van der Waals surface area contributed by atoms with Gasteiger partial charge in [0.15, 0.2) is 5.65 Å². The van der Waals surface area contributed by atoms with Gasteiger partial charge in [-0.1, -0.05) is 6.58 Å². The summed E-state index contributed by atoms with van der Waals surface area (Å²) in [5.41, 5.74) is 4.93. The molecule has 0 aromatic carbocycles. The van der Waals surface area contributed by atoms with Crippen molar-refractivity contribution in [2.75, 3.05) is 12.4 Å². The third-order valence-electron chi connectivity index (χ3n) is 3.83. The van der Waals surface area contributed by atoms with E-state index in [1.165, 1.54) is 0 Å². The third-order valence-corrected chi connectivity index (χ3v) is 3.83. The fourth-order valence-corrected chi connectivity index (χ4v) is 2.64. The van der Waals surface area contributed by atoms with E-state index in [0.717, 1.165) is 27.9 Å². The van der Waals surface area contributed by atoms with Gasteiger partial charge >= 0.3 is 0 Å². The second-order valence-corrected chi connectivity index (χ2v) is 5.48. The number of fused-ring (bicyclic) bond motifs is 2.